The lowest BCUT2D eigenvalue weighted by atomic mass is 10.2. The van der Waals surface area contributed by atoms with Gasteiger partial charge in [-0.3, -0.25) is 14.9 Å². The van der Waals surface area contributed by atoms with Crippen LogP contribution in [0.15, 0.2) is 36.4 Å². The van der Waals surface area contributed by atoms with E-state index in [0.29, 0.717) is 11.4 Å². The van der Waals surface area contributed by atoms with Crippen molar-refractivity contribution in [2.24, 2.45) is 0 Å². The van der Waals surface area contributed by atoms with Crippen LogP contribution in [-0.2, 0) is 4.79 Å². The first-order valence-corrected chi connectivity index (χ1v) is 7.09. The number of halogens is 2. The summed E-state index contributed by atoms with van der Waals surface area (Å²) in [5.41, 5.74) is 0.461. The van der Waals surface area contributed by atoms with Crippen molar-refractivity contribution in [1.82, 2.24) is 0 Å². The van der Waals surface area contributed by atoms with Crippen molar-refractivity contribution in [2.45, 2.75) is 0 Å². The summed E-state index contributed by atoms with van der Waals surface area (Å²) in [7, 11) is 1.38. The maximum absolute atomic E-state index is 13.1. The van der Waals surface area contributed by atoms with Crippen molar-refractivity contribution in [3.8, 4) is 5.75 Å². The standard InChI is InChI=1S/C15H13ClFN3O4/c1-24-14-5-3-10(20(22)23)7-13(14)19-15(21)8-18-9-2-4-12(17)11(16)6-9/h2-7,18H,8H2,1H3,(H,19,21). The lowest BCUT2D eigenvalue weighted by molar-refractivity contribution is -0.384. The fraction of sp³-hybridized carbons (Fsp3) is 0.133. The predicted molar refractivity (Wildman–Crippen MR) is 88.2 cm³/mol. The maximum atomic E-state index is 13.1. The van der Waals surface area contributed by atoms with E-state index in [1.54, 1.807) is 0 Å². The second kappa shape index (κ2) is 7.60. The minimum Gasteiger partial charge on any atom is -0.495 e. The molecule has 2 N–H and O–H groups in total. The Morgan fingerprint density at radius 3 is 2.71 bits per heavy atom. The largest absolute Gasteiger partial charge is 0.495 e. The van der Waals surface area contributed by atoms with Gasteiger partial charge in [-0.05, 0) is 24.3 Å². The summed E-state index contributed by atoms with van der Waals surface area (Å²) in [6, 6.07) is 7.81. The van der Waals surface area contributed by atoms with Crippen molar-refractivity contribution in [3.63, 3.8) is 0 Å². The average molecular weight is 354 g/mol. The highest BCUT2D eigenvalue weighted by molar-refractivity contribution is 6.31. The molecule has 0 fully saturated rings. The number of nitro benzene ring substituents is 1. The van der Waals surface area contributed by atoms with Crippen LogP contribution in [0.25, 0.3) is 0 Å². The van der Waals surface area contributed by atoms with Crippen molar-refractivity contribution in [3.05, 3.63) is 57.4 Å². The third-order valence-corrected chi connectivity index (χ3v) is 3.33. The van der Waals surface area contributed by atoms with Crippen molar-refractivity contribution < 1.29 is 18.8 Å². The van der Waals surface area contributed by atoms with Gasteiger partial charge in [-0.15, -0.1) is 0 Å². The molecule has 0 atom stereocenters. The first-order chi connectivity index (χ1) is 11.4. The van der Waals surface area contributed by atoms with Crippen molar-refractivity contribution in [1.29, 1.82) is 0 Å². The molecule has 126 valence electrons. The number of anilines is 2. The molecule has 9 heteroatoms. The molecule has 2 aromatic carbocycles. The Morgan fingerprint density at radius 1 is 1.33 bits per heavy atom. The molecular weight excluding hydrogens is 341 g/mol. The molecule has 0 aromatic heterocycles. The second-order valence-electron chi connectivity index (χ2n) is 4.67. The summed E-state index contributed by atoms with van der Waals surface area (Å²) >= 11 is 5.65. The number of ether oxygens (including phenoxy) is 1. The number of hydrogen-bond donors (Lipinski definition) is 2. The minimum atomic E-state index is -0.576. The summed E-state index contributed by atoms with van der Waals surface area (Å²) in [5.74, 6) is -0.735. The van der Waals surface area contributed by atoms with Gasteiger partial charge in [0.2, 0.25) is 5.91 Å². The molecule has 0 heterocycles. The SMILES string of the molecule is COc1ccc([N+](=O)[O-])cc1NC(=O)CNc1ccc(F)c(Cl)c1. The quantitative estimate of drug-likeness (QED) is 0.613. The molecule has 2 aromatic rings. The number of amides is 1. The number of benzene rings is 2. The van der Waals surface area contributed by atoms with E-state index in [4.69, 9.17) is 16.3 Å². The molecule has 2 rings (SSSR count). The van der Waals surface area contributed by atoms with Gasteiger partial charge in [0.1, 0.15) is 11.6 Å². The molecular formula is C15H13ClFN3O4. The van der Waals surface area contributed by atoms with E-state index in [0.717, 1.165) is 0 Å². The number of nitrogens with one attached hydrogen (secondary N) is 2. The number of carbonyl (C=O) groups is 1. The van der Waals surface area contributed by atoms with E-state index in [1.807, 2.05) is 0 Å². The van der Waals surface area contributed by atoms with Gasteiger partial charge in [-0.2, -0.15) is 0 Å². The van der Waals surface area contributed by atoms with Gasteiger partial charge < -0.3 is 15.4 Å². The number of rotatable bonds is 6. The van der Waals surface area contributed by atoms with Gasteiger partial charge in [0.15, 0.2) is 0 Å². The zero-order chi connectivity index (χ0) is 17.7. The summed E-state index contributed by atoms with van der Waals surface area (Å²) in [4.78, 5) is 22.2. The molecule has 7 nitrogen and oxygen atoms in total. The van der Waals surface area contributed by atoms with E-state index < -0.39 is 16.6 Å². The fourth-order valence-corrected chi connectivity index (χ4v) is 2.07. The third kappa shape index (κ3) is 4.32. The molecule has 0 unspecified atom stereocenters. The lowest BCUT2D eigenvalue weighted by Crippen LogP contribution is -2.22. The van der Waals surface area contributed by atoms with Crippen LogP contribution in [-0.4, -0.2) is 24.5 Å². The monoisotopic (exact) mass is 353 g/mol. The molecule has 0 aliphatic carbocycles. The fourth-order valence-electron chi connectivity index (χ4n) is 1.89. The minimum absolute atomic E-state index is 0.0687. The van der Waals surface area contributed by atoms with Crippen LogP contribution in [0.2, 0.25) is 5.02 Å². The predicted octanol–water partition coefficient (Wildman–Crippen LogP) is 3.45. The van der Waals surface area contributed by atoms with E-state index in [2.05, 4.69) is 10.6 Å². The van der Waals surface area contributed by atoms with Gasteiger partial charge in [0.05, 0.1) is 29.3 Å². The van der Waals surface area contributed by atoms with E-state index >= 15 is 0 Å². The van der Waals surface area contributed by atoms with Gasteiger partial charge in [0, 0.05) is 17.8 Å². The smallest absolute Gasteiger partial charge is 0.271 e. The topological polar surface area (TPSA) is 93.5 Å². The summed E-state index contributed by atoms with van der Waals surface area (Å²) in [5, 5.41) is 16.0. The van der Waals surface area contributed by atoms with Gasteiger partial charge in [-0.1, -0.05) is 11.6 Å². The third-order valence-electron chi connectivity index (χ3n) is 3.04. The molecule has 0 spiro atoms. The number of hydrogen-bond acceptors (Lipinski definition) is 5. The Bertz CT molecular complexity index is 785. The summed E-state index contributed by atoms with van der Waals surface area (Å²) in [6.07, 6.45) is 0. The number of non-ortho nitro benzene ring substituents is 1. The van der Waals surface area contributed by atoms with Crippen LogP contribution in [0.4, 0.5) is 21.5 Å². The molecule has 24 heavy (non-hydrogen) atoms. The number of nitrogens with zero attached hydrogens (tertiary/aromatic N) is 1. The maximum Gasteiger partial charge on any atom is 0.271 e. The van der Waals surface area contributed by atoms with Crippen LogP contribution >= 0.6 is 11.6 Å². The molecule has 0 aliphatic heterocycles. The van der Waals surface area contributed by atoms with Gasteiger partial charge in [-0.25, -0.2) is 4.39 Å². The Kier molecular flexibility index (Phi) is 5.54. The highest BCUT2D eigenvalue weighted by Gasteiger charge is 2.13. The Balaban J connectivity index is 2.04. The Labute approximate surface area is 141 Å². The van der Waals surface area contributed by atoms with E-state index in [9.17, 15) is 19.3 Å². The van der Waals surface area contributed by atoms with E-state index in [1.165, 1.54) is 43.5 Å². The second-order valence-corrected chi connectivity index (χ2v) is 5.08. The number of nitro groups is 1. The van der Waals surface area contributed by atoms with Crippen LogP contribution in [0, 0.1) is 15.9 Å². The summed E-state index contributed by atoms with van der Waals surface area (Å²) in [6.45, 7) is -0.145. The molecule has 0 saturated carbocycles. The van der Waals surface area contributed by atoms with Gasteiger partial charge in [0.25, 0.3) is 5.69 Å². The first kappa shape index (κ1) is 17.5. The molecule has 1 amide bonds. The van der Waals surface area contributed by atoms with Gasteiger partial charge >= 0.3 is 0 Å². The van der Waals surface area contributed by atoms with Crippen molar-refractivity contribution >= 4 is 34.6 Å². The Morgan fingerprint density at radius 2 is 2.08 bits per heavy atom. The highest BCUT2D eigenvalue weighted by atomic mass is 35.5. The average Bonchev–Trinajstić information content (AvgIpc) is 2.55. The molecule has 0 aliphatic rings. The van der Waals surface area contributed by atoms with Crippen LogP contribution in [0.1, 0.15) is 0 Å². The molecule has 0 bridgehead atoms. The number of carbonyl (C=O) groups excluding carboxylic acids is 1. The van der Waals surface area contributed by atoms with Crippen LogP contribution in [0.3, 0.4) is 0 Å². The molecule has 0 saturated heterocycles. The first-order valence-electron chi connectivity index (χ1n) is 6.72. The van der Waals surface area contributed by atoms with Crippen molar-refractivity contribution in [2.75, 3.05) is 24.3 Å². The highest BCUT2D eigenvalue weighted by Crippen LogP contribution is 2.28. The normalized spacial score (nSPS) is 10.1. The summed E-state index contributed by atoms with van der Waals surface area (Å²) < 4.78 is 18.1. The van der Waals surface area contributed by atoms with Crippen LogP contribution in [0.5, 0.6) is 5.75 Å². The molecule has 0 radical (unpaired) electrons. The Hall–Kier alpha value is -2.87. The van der Waals surface area contributed by atoms with E-state index in [-0.39, 0.29) is 22.9 Å². The van der Waals surface area contributed by atoms with Crippen LogP contribution < -0.4 is 15.4 Å². The number of methoxy groups -OCH3 is 1. The zero-order valence-corrected chi connectivity index (χ0v) is 13.3. The lowest BCUT2D eigenvalue weighted by Gasteiger charge is -2.11. The zero-order valence-electron chi connectivity index (χ0n) is 12.5.